The van der Waals surface area contributed by atoms with E-state index in [0.29, 0.717) is 11.7 Å². The third-order valence-corrected chi connectivity index (χ3v) is 1.96. The minimum absolute atomic E-state index is 0.174. The molecular weight excluding hydrogens is 182 g/mol. The summed E-state index contributed by atoms with van der Waals surface area (Å²) in [7, 11) is 0. The fraction of sp³-hybridized carbons (Fsp3) is 0.286. The molecule has 5 heteroatoms. The number of anilines is 1. The zero-order chi connectivity index (χ0) is 8.97. The van der Waals surface area contributed by atoms with Gasteiger partial charge in [0.2, 0.25) is 0 Å². The van der Waals surface area contributed by atoms with Gasteiger partial charge >= 0.3 is 0 Å². The fourth-order valence-corrected chi connectivity index (χ4v) is 1.34. The summed E-state index contributed by atoms with van der Waals surface area (Å²) in [6.07, 6.45) is -0.843. The highest BCUT2D eigenvalue weighted by molar-refractivity contribution is 7.13. The van der Waals surface area contributed by atoms with Crippen molar-refractivity contribution in [2.75, 3.05) is 11.9 Å². The number of nitrogens with zero attached hydrogens (tertiary/aromatic N) is 1. The SMILES string of the molecule is C=CCNc1nc(C(F)F)cs1. The van der Waals surface area contributed by atoms with E-state index in [2.05, 4.69) is 16.9 Å². The van der Waals surface area contributed by atoms with Gasteiger partial charge in [0, 0.05) is 11.9 Å². The van der Waals surface area contributed by atoms with E-state index in [1.165, 1.54) is 16.7 Å². The highest BCUT2D eigenvalue weighted by Crippen LogP contribution is 2.23. The summed E-state index contributed by atoms with van der Waals surface area (Å²) in [4.78, 5) is 3.66. The molecule has 0 aliphatic rings. The van der Waals surface area contributed by atoms with Crippen LogP contribution in [-0.2, 0) is 0 Å². The molecule has 0 saturated carbocycles. The van der Waals surface area contributed by atoms with Gasteiger partial charge in [0.25, 0.3) is 6.43 Å². The molecule has 0 amide bonds. The van der Waals surface area contributed by atoms with E-state index in [1.807, 2.05) is 0 Å². The van der Waals surface area contributed by atoms with E-state index in [-0.39, 0.29) is 5.69 Å². The summed E-state index contributed by atoms with van der Waals surface area (Å²) < 4.78 is 24.0. The van der Waals surface area contributed by atoms with Gasteiger partial charge in [-0.25, -0.2) is 13.8 Å². The highest BCUT2D eigenvalue weighted by Gasteiger charge is 2.10. The van der Waals surface area contributed by atoms with Crippen LogP contribution < -0.4 is 5.32 Å². The van der Waals surface area contributed by atoms with E-state index in [1.54, 1.807) is 6.08 Å². The first kappa shape index (κ1) is 9.12. The van der Waals surface area contributed by atoms with E-state index >= 15 is 0 Å². The zero-order valence-corrected chi connectivity index (χ0v) is 7.07. The summed E-state index contributed by atoms with van der Waals surface area (Å²) in [5.41, 5.74) is -0.174. The van der Waals surface area contributed by atoms with Crippen molar-refractivity contribution in [2.45, 2.75) is 6.43 Å². The van der Waals surface area contributed by atoms with Crippen molar-refractivity contribution < 1.29 is 8.78 Å². The Labute approximate surface area is 72.9 Å². The van der Waals surface area contributed by atoms with Gasteiger partial charge in [-0.05, 0) is 0 Å². The van der Waals surface area contributed by atoms with Crippen molar-refractivity contribution in [1.82, 2.24) is 4.98 Å². The molecule has 0 bridgehead atoms. The molecule has 1 heterocycles. The maximum absolute atomic E-state index is 12.0. The van der Waals surface area contributed by atoms with Crippen LogP contribution in [-0.4, -0.2) is 11.5 Å². The molecule has 0 spiro atoms. The van der Waals surface area contributed by atoms with Crippen molar-refractivity contribution in [1.29, 1.82) is 0 Å². The number of thiazole rings is 1. The zero-order valence-electron chi connectivity index (χ0n) is 6.26. The second-order valence-corrected chi connectivity index (χ2v) is 2.91. The van der Waals surface area contributed by atoms with Gasteiger partial charge in [0.1, 0.15) is 5.69 Å². The van der Waals surface area contributed by atoms with Crippen LogP contribution in [0.3, 0.4) is 0 Å². The minimum atomic E-state index is -2.49. The summed E-state index contributed by atoms with van der Waals surface area (Å²) in [5, 5.41) is 4.67. The first-order chi connectivity index (χ1) is 5.74. The second kappa shape index (κ2) is 4.15. The van der Waals surface area contributed by atoms with Crippen LogP contribution in [0.2, 0.25) is 0 Å². The standard InChI is InChI=1S/C7H8F2N2S/c1-2-3-10-7-11-5(4-12-7)6(8)9/h2,4,6H,1,3H2,(H,10,11). The topological polar surface area (TPSA) is 24.9 Å². The van der Waals surface area contributed by atoms with Crippen molar-refractivity contribution >= 4 is 16.5 Å². The predicted molar refractivity (Wildman–Crippen MR) is 45.8 cm³/mol. The van der Waals surface area contributed by atoms with Gasteiger partial charge < -0.3 is 5.32 Å². The monoisotopic (exact) mass is 190 g/mol. The Bertz CT molecular complexity index is 260. The van der Waals surface area contributed by atoms with Gasteiger partial charge in [-0.3, -0.25) is 0 Å². The number of nitrogens with one attached hydrogen (secondary N) is 1. The lowest BCUT2D eigenvalue weighted by Gasteiger charge is -1.94. The van der Waals surface area contributed by atoms with Crippen LogP contribution in [0.25, 0.3) is 0 Å². The largest absolute Gasteiger partial charge is 0.358 e. The summed E-state index contributed by atoms with van der Waals surface area (Å²) >= 11 is 1.17. The second-order valence-electron chi connectivity index (χ2n) is 2.05. The quantitative estimate of drug-likeness (QED) is 0.738. The Kier molecular flexibility index (Phi) is 3.16. The van der Waals surface area contributed by atoms with Crippen LogP contribution in [0.1, 0.15) is 12.1 Å². The lowest BCUT2D eigenvalue weighted by molar-refractivity contribution is 0.147. The number of alkyl halides is 2. The van der Waals surface area contributed by atoms with Gasteiger partial charge in [-0.1, -0.05) is 6.08 Å². The lowest BCUT2D eigenvalue weighted by atomic mass is 10.5. The molecule has 2 nitrogen and oxygen atoms in total. The predicted octanol–water partition coefficient (Wildman–Crippen LogP) is 2.68. The third-order valence-electron chi connectivity index (χ3n) is 1.14. The van der Waals surface area contributed by atoms with Crippen LogP contribution in [0.5, 0.6) is 0 Å². The molecule has 66 valence electrons. The molecule has 0 saturated heterocycles. The first-order valence-corrected chi connectivity index (χ1v) is 4.20. The summed E-state index contributed by atoms with van der Waals surface area (Å²) in [6, 6.07) is 0. The number of aromatic nitrogens is 1. The fourth-order valence-electron chi connectivity index (χ4n) is 0.627. The van der Waals surface area contributed by atoms with Crippen molar-refractivity contribution in [3.05, 3.63) is 23.7 Å². The molecule has 1 aromatic heterocycles. The van der Waals surface area contributed by atoms with Crippen LogP contribution in [0.4, 0.5) is 13.9 Å². The number of rotatable bonds is 4. The average molecular weight is 190 g/mol. The average Bonchev–Trinajstić information content (AvgIpc) is 2.48. The molecule has 0 radical (unpaired) electrons. The van der Waals surface area contributed by atoms with Gasteiger partial charge in [-0.2, -0.15) is 0 Å². The maximum Gasteiger partial charge on any atom is 0.281 e. The van der Waals surface area contributed by atoms with Crippen molar-refractivity contribution in [3.8, 4) is 0 Å². The highest BCUT2D eigenvalue weighted by atomic mass is 32.1. The van der Waals surface area contributed by atoms with Crippen LogP contribution >= 0.6 is 11.3 Å². The molecule has 0 aliphatic carbocycles. The van der Waals surface area contributed by atoms with Crippen LogP contribution in [0.15, 0.2) is 18.0 Å². The molecule has 12 heavy (non-hydrogen) atoms. The molecule has 0 aliphatic heterocycles. The lowest BCUT2D eigenvalue weighted by Crippen LogP contribution is -1.97. The molecule has 1 N–H and O–H groups in total. The smallest absolute Gasteiger partial charge is 0.281 e. The molecule has 1 rings (SSSR count). The normalized spacial score (nSPS) is 10.2. The molecule has 0 aromatic carbocycles. The van der Waals surface area contributed by atoms with E-state index < -0.39 is 6.43 Å². The Morgan fingerprint density at radius 2 is 2.50 bits per heavy atom. The van der Waals surface area contributed by atoms with E-state index in [4.69, 9.17) is 0 Å². The molecule has 0 fully saturated rings. The Morgan fingerprint density at radius 3 is 3.00 bits per heavy atom. The maximum atomic E-state index is 12.0. The molecule has 0 atom stereocenters. The number of hydrogen-bond donors (Lipinski definition) is 1. The van der Waals surface area contributed by atoms with Crippen molar-refractivity contribution in [2.24, 2.45) is 0 Å². The van der Waals surface area contributed by atoms with E-state index in [0.717, 1.165) is 0 Å². The Balaban J connectivity index is 2.58. The van der Waals surface area contributed by atoms with Gasteiger partial charge in [0.15, 0.2) is 5.13 Å². The van der Waals surface area contributed by atoms with Crippen molar-refractivity contribution in [3.63, 3.8) is 0 Å². The minimum Gasteiger partial charge on any atom is -0.358 e. The first-order valence-electron chi connectivity index (χ1n) is 3.32. The number of hydrogen-bond acceptors (Lipinski definition) is 3. The third kappa shape index (κ3) is 2.27. The number of halogens is 2. The molecule has 1 aromatic rings. The van der Waals surface area contributed by atoms with Gasteiger partial charge in [-0.15, -0.1) is 17.9 Å². The summed E-state index contributed by atoms with van der Waals surface area (Å²) in [6.45, 7) is 4.02. The summed E-state index contributed by atoms with van der Waals surface area (Å²) in [5.74, 6) is 0. The Morgan fingerprint density at radius 1 is 1.75 bits per heavy atom. The Hall–Kier alpha value is -0.970. The van der Waals surface area contributed by atoms with Gasteiger partial charge in [0.05, 0.1) is 0 Å². The van der Waals surface area contributed by atoms with Crippen LogP contribution in [0, 0.1) is 0 Å². The molecular formula is C7H8F2N2S. The molecule has 0 unspecified atom stereocenters. The van der Waals surface area contributed by atoms with E-state index in [9.17, 15) is 8.78 Å².